The van der Waals surface area contributed by atoms with Gasteiger partial charge in [0.05, 0.1) is 29.9 Å². The molecule has 0 saturated heterocycles. The Labute approximate surface area is 131 Å². The van der Waals surface area contributed by atoms with E-state index >= 15 is 0 Å². The fourth-order valence-corrected chi connectivity index (χ4v) is 4.30. The summed E-state index contributed by atoms with van der Waals surface area (Å²) in [5.41, 5.74) is 1.10. The Morgan fingerprint density at radius 2 is 1.57 bits per heavy atom. The summed E-state index contributed by atoms with van der Waals surface area (Å²) in [6.07, 6.45) is 3.49. The van der Waals surface area contributed by atoms with Gasteiger partial charge in [-0.2, -0.15) is 0 Å². The third kappa shape index (κ3) is 3.55. The zero-order valence-electron chi connectivity index (χ0n) is 13.5. The van der Waals surface area contributed by atoms with Crippen LogP contribution in [0.4, 0.5) is 0 Å². The van der Waals surface area contributed by atoms with Crippen molar-refractivity contribution in [2.75, 3.05) is 19.6 Å². The fourth-order valence-electron chi connectivity index (χ4n) is 3.42. The SMILES string of the molecule is CCC[N+](CCC)(CCC)Cn1c(=O)sc2ccccc21. The highest BCUT2D eigenvalue weighted by Crippen LogP contribution is 2.20. The maximum Gasteiger partial charge on any atom is 0.312 e. The van der Waals surface area contributed by atoms with Gasteiger partial charge >= 0.3 is 4.87 Å². The van der Waals surface area contributed by atoms with Gasteiger partial charge in [0.2, 0.25) is 0 Å². The molecule has 0 aliphatic rings. The Kier molecular flexibility index (Phi) is 5.59. The van der Waals surface area contributed by atoms with E-state index in [1.54, 1.807) is 0 Å². The van der Waals surface area contributed by atoms with Crippen molar-refractivity contribution in [3.63, 3.8) is 0 Å². The molecule has 2 rings (SSSR count). The minimum absolute atomic E-state index is 0.182. The van der Waals surface area contributed by atoms with Crippen molar-refractivity contribution in [3.8, 4) is 0 Å². The molecule has 21 heavy (non-hydrogen) atoms. The summed E-state index contributed by atoms with van der Waals surface area (Å²) >= 11 is 1.37. The molecule has 0 N–H and O–H groups in total. The fraction of sp³-hybridized carbons (Fsp3) is 0.588. The molecule has 3 nitrogen and oxygen atoms in total. The van der Waals surface area contributed by atoms with Gasteiger partial charge in [0.1, 0.15) is 0 Å². The normalized spacial score (nSPS) is 12.1. The highest BCUT2D eigenvalue weighted by atomic mass is 32.1. The number of hydrogen-bond acceptors (Lipinski definition) is 2. The number of thiazole rings is 1. The second kappa shape index (κ2) is 7.23. The molecule has 0 amide bonds. The van der Waals surface area contributed by atoms with Crippen LogP contribution in [0.15, 0.2) is 29.1 Å². The van der Waals surface area contributed by atoms with Crippen LogP contribution in [0.1, 0.15) is 40.0 Å². The van der Waals surface area contributed by atoms with Crippen LogP contribution in [0.5, 0.6) is 0 Å². The van der Waals surface area contributed by atoms with Crippen molar-refractivity contribution in [2.24, 2.45) is 0 Å². The van der Waals surface area contributed by atoms with Gasteiger partial charge in [-0.1, -0.05) is 44.2 Å². The van der Waals surface area contributed by atoms with Crippen molar-refractivity contribution in [3.05, 3.63) is 33.9 Å². The molecule has 0 radical (unpaired) electrons. The van der Waals surface area contributed by atoms with Crippen LogP contribution >= 0.6 is 11.3 Å². The maximum atomic E-state index is 12.4. The van der Waals surface area contributed by atoms with Gasteiger partial charge in [0.15, 0.2) is 6.67 Å². The standard InChI is InChI=1S/C17H27N2OS/c1-4-11-19(12-5-2,13-6-3)14-18-15-9-7-8-10-16(15)21-17(18)20/h7-10H,4-6,11-14H2,1-3H3/q+1. The molecule has 1 aromatic carbocycles. The van der Waals surface area contributed by atoms with Crippen LogP contribution in [0.3, 0.4) is 0 Å². The summed E-state index contributed by atoms with van der Waals surface area (Å²) in [5, 5.41) is 0. The Morgan fingerprint density at radius 1 is 1.00 bits per heavy atom. The van der Waals surface area contributed by atoms with Gasteiger partial charge in [0.25, 0.3) is 0 Å². The van der Waals surface area contributed by atoms with Crippen LogP contribution in [0.25, 0.3) is 10.2 Å². The van der Waals surface area contributed by atoms with Crippen molar-refractivity contribution in [1.82, 2.24) is 4.57 Å². The predicted octanol–water partition coefficient (Wildman–Crippen LogP) is 4.07. The lowest BCUT2D eigenvalue weighted by Gasteiger charge is -2.38. The number of quaternary nitrogens is 1. The van der Waals surface area contributed by atoms with Crippen LogP contribution in [-0.2, 0) is 6.67 Å². The first-order valence-electron chi connectivity index (χ1n) is 8.09. The average Bonchev–Trinajstić information content (AvgIpc) is 2.76. The van der Waals surface area contributed by atoms with Crippen molar-refractivity contribution >= 4 is 21.6 Å². The molecule has 1 heterocycles. The summed E-state index contributed by atoms with van der Waals surface area (Å²) in [4.78, 5) is 12.6. The Morgan fingerprint density at radius 3 is 2.14 bits per heavy atom. The summed E-state index contributed by atoms with van der Waals surface area (Å²) in [6.45, 7) is 11.0. The van der Waals surface area contributed by atoms with E-state index in [1.165, 1.54) is 11.3 Å². The van der Waals surface area contributed by atoms with Crippen molar-refractivity contribution < 1.29 is 4.48 Å². The largest absolute Gasteiger partial charge is 0.312 e. The smallest absolute Gasteiger partial charge is 0.306 e. The third-order valence-electron chi connectivity index (χ3n) is 4.11. The lowest BCUT2D eigenvalue weighted by Crippen LogP contribution is -2.51. The zero-order valence-corrected chi connectivity index (χ0v) is 14.3. The van der Waals surface area contributed by atoms with Crippen molar-refractivity contribution in [2.45, 2.75) is 46.7 Å². The second-order valence-electron chi connectivity index (χ2n) is 5.92. The monoisotopic (exact) mass is 307 g/mol. The molecule has 0 spiro atoms. The maximum absolute atomic E-state index is 12.4. The first-order valence-corrected chi connectivity index (χ1v) is 8.91. The third-order valence-corrected chi connectivity index (χ3v) is 5.07. The predicted molar refractivity (Wildman–Crippen MR) is 91.8 cm³/mol. The molecule has 0 saturated carbocycles. The van der Waals surface area contributed by atoms with Gasteiger partial charge in [-0.3, -0.25) is 9.36 Å². The number of fused-ring (bicyclic) bond motifs is 1. The number of nitrogens with zero attached hydrogens (tertiary/aromatic N) is 2. The molecule has 0 fully saturated rings. The summed E-state index contributed by atoms with van der Waals surface area (Å²) < 4.78 is 4.13. The van der Waals surface area contributed by atoms with Gasteiger partial charge in [-0.15, -0.1) is 0 Å². The van der Waals surface area contributed by atoms with Gasteiger partial charge in [-0.25, -0.2) is 0 Å². The van der Waals surface area contributed by atoms with E-state index in [-0.39, 0.29) is 4.87 Å². The summed E-state index contributed by atoms with van der Waals surface area (Å²) in [7, 11) is 0. The second-order valence-corrected chi connectivity index (χ2v) is 6.91. The summed E-state index contributed by atoms with van der Waals surface area (Å²) in [5.74, 6) is 0. The van der Waals surface area contributed by atoms with Crippen LogP contribution in [-0.4, -0.2) is 28.7 Å². The molecule has 0 aliphatic heterocycles. The molecule has 1 aromatic heterocycles. The number of benzene rings is 1. The number of aromatic nitrogens is 1. The molecular formula is C17H27N2OS+. The van der Waals surface area contributed by atoms with Gasteiger partial charge in [0, 0.05) is 0 Å². The quantitative estimate of drug-likeness (QED) is 0.674. The van der Waals surface area contributed by atoms with E-state index in [2.05, 4.69) is 26.8 Å². The lowest BCUT2D eigenvalue weighted by molar-refractivity contribution is -0.949. The Hall–Kier alpha value is -1.13. The first-order chi connectivity index (χ1) is 10.2. The van der Waals surface area contributed by atoms with Gasteiger partial charge in [-0.05, 0) is 31.4 Å². The minimum Gasteiger partial charge on any atom is -0.306 e. The summed E-state index contributed by atoms with van der Waals surface area (Å²) in [6, 6.07) is 8.16. The minimum atomic E-state index is 0.182. The molecule has 4 heteroatoms. The lowest BCUT2D eigenvalue weighted by atomic mass is 10.2. The van der Waals surface area contributed by atoms with E-state index in [9.17, 15) is 4.79 Å². The van der Waals surface area contributed by atoms with E-state index < -0.39 is 0 Å². The van der Waals surface area contributed by atoms with Gasteiger partial charge < -0.3 is 4.48 Å². The Balaban J connectivity index is 2.42. The van der Waals surface area contributed by atoms with E-state index in [0.717, 1.165) is 60.3 Å². The highest BCUT2D eigenvalue weighted by molar-refractivity contribution is 7.16. The Bertz CT molecular complexity index is 612. The molecule has 116 valence electrons. The van der Waals surface area contributed by atoms with Crippen molar-refractivity contribution in [1.29, 1.82) is 0 Å². The topological polar surface area (TPSA) is 22.0 Å². The van der Waals surface area contributed by atoms with E-state index in [4.69, 9.17) is 0 Å². The van der Waals surface area contributed by atoms with E-state index in [1.807, 2.05) is 22.8 Å². The molecule has 0 bridgehead atoms. The zero-order chi connectivity index (χ0) is 15.3. The molecular weight excluding hydrogens is 280 g/mol. The average molecular weight is 307 g/mol. The van der Waals surface area contributed by atoms with Crippen LogP contribution in [0, 0.1) is 0 Å². The number of para-hydroxylation sites is 1. The van der Waals surface area contributed by atoms with Crippen LogP contribution in [0.2, 0.25) is 0 Å². The molecule has 2 aromatic rings. The first kappa shape index (κ1) is 16.2. The molecule has 0 aliphatic carbocycles. The van der Waals surface area contributed by atoms with Crippen LogP contribution < -0.4 is 4.87 Å². The van der Waals surface area contributed by atoms with E-state index in [0.29, 0.717) is 0 Å². The number of hydrogen-bond donors (Lipinski definition) is 0. The number of rotatable bonds is 8. The molecule has 0 atom stereocenters. The highest BCUT2D eigenvalue weighted by Gasteiger charge is 2.26. The molecule has 0 unspecified atom stereocenters.